The largest absolute Gasteiger partial charge is 0.394 e. The summed E-state index contributed by atoms with van der Waals surface area (Å²) in [7, 11) is 0. The van der Waals surface area contributed by atoms with Gasteiger partial charge >= 0.3 is 0 Å². The topological polar surface area (TPSA) is 49.7 Å². The third kappa shape index (κ3) is 80.7. The van der Waals surface area contributed by atoms with E-state index >= 15 is 0 Å². The van der Waals surface area contributed by atoms with Crippen molar-refractivity contribution in [2.45, 2.75) is 46.8 Å². The molecule has 0 aliphatic rings. The van der Waals surface area contributed by atoms with Crippen LogP contribution in [0.1, 0.15) is 34.6 Å². The summed E-state index contributed by atoms with van der Waals surface area (Å²) in [6.45, 7) is 19.4. The molecule has 0 saturated carbocycles. The van der Waals surface area contributed by atoms with Gasteiger partial charge in [-0.3, -0.25) is 0 Å². The molecule has 2 atom stereocenters. The van der Waals surface area contributed by atoms with Gasteiger partial charge in [-0.05, 0) is 34.6 Å². The van der Waals surface area contributed by atoms with Crippen LogP contribution in [0.4, 0.5) is 0 Å². The molecule has 2 N–H and O–H groups in total. The van der Waals surface area contributed by atoms with Crippen molar-refractivity contribution >= 4 is 0 Å². The lowest BCUT2D eigenvalue weighted by Crippen LogP contribution is -2.19. The highest BCUT2D eigenvalue weighted by Crippen LogP contribution is 1.90. The van der Waals surface area contributed by atoms with Gasteiger partial charge in [-0.2, -0.15) is 0 Å². The molecule has 0 radical (unpaired) electrons. The number of rotatable bonds is 4. The summed E-state index contributed by atoms with van der Waals surface area (Å²) >= 11 is 0. The molecule has 2 unspecified atom stereocenters. The molecule has 110 valence electrons. The molecule has 0 bridgehead atoms. The van der Waals surface area contributed by atoms with E-state index in [-0.39, 0.29) is 12.7 Å². The van der Waals surface area contributed by atoms with Crippen molar-refractivity contribution in [1.82, 2.24) is 0 Å². The molecular formula is C15H32O3. The SMILES string of the molecule is C=CC.C=CC.C=CC.CC(O)COC(C)CO. The molecule has 18 heavy (non-hydrogen) atoms. The Kier molecular flexibility index (Phi) is 42.8. The monoisotopic (exact) mass is 260 g/mol. The van der Waals surface area contributed by atoms with Gasteiger partial charge in [0, 0.05) is 0 Å². The van der Waals surface area contributed by atoms with Crippen molar-refractivity contribution < 1.29 is 14.9 Å². The van der Waals surface area contributed by atoms with E-state index in [2.05, 4.69) is 19.7 Å². The fourth-order valence-electron chi connectivity index (χ4n) is 0.356. The highest BCUT2D eigenvalue weighted by molar-refractivity contribution is 4.52. The van der Waals surface area contributed by atoms with Crippen molar-refractivity contribution in [3.8, 4) is 0 Å². The van der Waals surface area contributed by atoms with Gasteiger partial charge in [-0.1, -0.05) is 18.2 Å². The molecule has 0 fully saturated rings. The first-order valence-corrected chi connectivity index (χ1v) is 6.03. The second-order valence-electron chi connectivity index (χ2n) is 3.40. The van der Waals surface area contributed by atoms with Gasteiger partial charge < -0.3 is 14.9 Å². The first kappa shape index (κ1) is 25.8. The number of allylic oxidation sites excluding steroid dienone is 3. The van der Waals surface area contributed by atoms with E-state index < -0.39 is 6.10 Å². The maximum atomic E-state index is 8.69. The number of aliphatic hydroxyl groups excluding tert-OH is 2. The molecule has 0 aliphatic carbocycles. The zero-order valence-electron chi connectivity index (χ0n) is 12.7. The van der Waals surface area contributed by atoms with Crippen molar-refractivity contribution in [2.24, 2.45) is 0 Å². The Bertz CT molecular complexity index is 140. The lowest BCUT2D eigenvalue weighted by atomic mass is 10.4. The van der Waals surface area contributed by atoms with Gasteiger partial charge in [0.05, 0.1) is 25.4 Å². The Morgan fingerprint density at radius 2 is 1.28 bits per heavy atom. The van der Waals surface area contributed by atoms with Crippen LogP contribution in [0.3, 0.4) is 0 Å². The van der Waals surface area contributed by atoms with Crippen molar-refractivity contribution in [2.75, 3.05) is 13.2 Å². The third-order valence-corrected chi connectivity index (χ3v) is 0.879. The molecule has 0 aromatic carbocycles. The molecule has 3 nitrogen and oxygen atoms in total. The Morgan fingerprint density at radius 3 is 1.44 bits per heavy atom. The number of hydrogen-bond donors (Lipinski definition) is 2. The van der Waals surface area contributed by atoms with Crippen LogP contribution in [-0.4, -0.2) is 35.6 Å². The van der Waals surface area contributed by atoms with Crippen molar-refractivity contribution in [3.63, 3.8) is 0 Å². The van der Waals surface area contributed by atoms with E-state index in [1.165, 1.54) is 0 Å². The van der Waals surface area contributed by atoms with Crippen LogP contribution in [0.5, 0.6) is 0 Å². The van der Waals surface area contributed by atoms with Gasteiger partial charge in [0.1, 0.15) is 0 Å². The first-order chi connectivity index (χ1) is 8.41. The minimum atomic E-state index is -0.445. The zero-order chi connectivity index (χ0) is 15.4. The lowest BCUT2D eigenvalue weighted by molar-refractivity contribution is -0.0177. The molecule has 0 spiro atoms. The highest BCUT2D eigenvalue weighted by Gasteiger charge is 2.00. The zero-order valence-corrected chi connectivity index (χ0v) is 12.7. The van der Waals surface area contributed by atoms with Crippen LogP contribution >= 0.6 is 0 Å². The summed E-state index contributed by atoms with van der Waals surface area (Å²) in [6.07, 6.45) is 4.64. The third-order valence-electron chi connectivity index (χ3n) is 0.879. The summed E-state index contributed by atoms with van der Waals surface area (Å²) in [4.78, 5) is 0. The summed E-state index contributed by atoms with van der Waals surface area (Å²) < 4.78 is 4.95. The summed E-state index contributed by atoms with van der Waals surface area (Å²) in [5, 5.41) is 17.1. The normalized spacial score (nSPS) is 10.8. The van der Waals surface area contributed by atoms with Crippen molar-refractivity contribution in [1.29, 1.82) is 0 Å². The fraction of sp³-hybridized carbons (Fsp3) is 0.600. The van der Waals surface area contributed by atoms with E-state index in [0.29, 0.717) is 6.61 Å². The molecule has 0 amide bonds. The van der Waals surface area contributed by atoms with Gasteiger partial charge in [0.25, 0.3) is 0 Å². The van der Waals surface area contributed by atoms with E-state index in [4.69, 9.17) is 14.9 Å². The summed E-state index contributed by atoms with van der Waals surface area (Å²) in [5.74, 6) is 0. The number of aliphatic hydroxyl groups is 2. The minimum absolute atomic E-state index is 0.00667. The van der Waals surface area contributed by atoms with Crippen LogP contribution in [0.2, 0.25) is 0 Å². The second kappa shape index (κ2) is 29.8. The van der Waals surface area contributed by atoms with E-state index in [0.717, 1.165) is 0 Å². The average Bonchev–Trinajstić information content (AvgIpc) is 2.29. The Balaban J connectivity index is -0.0000000902. The van der Waals surface area contributed by atoms with Gasteiger partial charge in [-0.25, -0.2) is 0 Å². The highest BCUT2D eigenvalue weighted by atomic mass is 16.5. The predicted molar refractivity (Wildman–Crippen MR) is 81.8 cm³/mol. The maximum Gasteiger partial charge on any atom is 0.0779 e. The van der Waals surface area contributed by atoms with E-state index in [1.54, 1.807) is 32.1 Å². The minimum Gasteiger partial charge on any atom is -0.394 e. The second-order valence-corrected chi connectivity index (χ2v) is 3.40. The lowest BCUT2D eigenvalue weighted by Gasteiger charge is -2.10. The van der Waals surface area contributed by atoms with E-state index in [9.17, 15) is 0 Å². The first-order valence-electron chi connectivity index (χ1n) is 6.03. The Hall–Kier alpha value is -0.900. The van der Waals surface area contributed by atoms with Crippen LogP contribution < -0.4 is 0 Å². The molecule has 0 aliphatic heterocycles. The van der Waals surface area contributed by atoms with Crippen molar-refractivity contribution in [3.05, 3.63) is 38.0 Å². The quantitative estimate of drug-likeness (QED) is 0.762. The van der Waals surface area contributed by atoms with Crippen LogP contribution in [0, 0.1) is 0 Å². The number of ether oxygens (including phenoxy) is 1. The Labute approximate surface area is 113 Å². The molecule has 0 rings (SSSR count). The smallest absolute Gasteiger partial charge is 0.0779 e. The predicted octanol–water partition coefficient (Wildman–Crippen LogP) is 3.34. The van der Waals surface area contributed by atoms with E-state index in [1.807, 2.05) is 20.8 Å². The summed E-state index contributed by atoms with van der Waals surface area (Å²) in [6, 6.07) is 0. The average molecular weight is 260 g/mol. The standard InChI is InChI=1S/C6H14O3.3C3H6/c1-5(8)4-9-6(2)3-7;3*1-3-2/h5-8H,3-4H2,1-2H3;3*3H,1H2,2H3. The Morgan fingerprint density at radius 1 is 1.00 bits per heavy atom. The van der Waals surface area contributed by atoms with Gasteiger partial charge in [0.15, 0.2) is 0 Å². The van der Waals surface area contributed by atoms with Crippen LogP contribution in [-0.2, 0) is 4.74 Å². The summed E-state index contributed by atoms with van der Waals surface area (Å²) in [5.41, 5.74) is 0. The van der Waals surface area contributed by atoms with Gasteiger partial charge in [-0.15, -0.1) is 19.7 Å². The maximum absolute atomic E-state index is 8.69. The molecule has 0 heterocycles. The van der Waals surface area contributed by atoms with Gasteiger partial charge in [0.2, 0.25) is 0 Å². The molecular weight excluding hydrogens is 228 g/mol. The van der Waals surface area contributed by atoms with Crippen LogP contribution in [0.25, 0.3) is 0 Å². The molecule has 3 heteroatoms. The van der Waals surface area contributed by atoms with Crippen LogP contribution in [0.15, 0.2) is 38.0 Å². The number of hydrogen-bond acceptors (Lipinski definition) is 3. The molecule has 0 aromatic heterocycles. The molecule has 0 saturated heterocycles. The fourth-order valence-corrected chi connectivity index (χ4v) is 0.356. The molecule has 0 aromatic rings.